The third-order valence-corrected chi connectivity index (χ3v) is 7.40. The van der Waals surface area contributed by atoms with Crippen LogP contribution in [0.3, 0.4) is 0 Å². The number of hydrogen-bond donors (Lipinski definition) is 1. The molecule has 5 heteroatoms. The van der Waals surface area contributed by atoms with Crippen molar-refractivity contribution in [1.82, 2.24) is 0 Å². The Kier molecular flexibility index (Phi) is 4.80. The van der Waals surface area contributed by atoms with Crippen LogP contribution in [-0.4, -0.2) is 5.91 Å². The average Bonchev–Trinajstić information content (AvgIpc) is 3.21. The molecule has 0 spiro atoms. The van der Waals surface area contributed by atoms with Crippen LogP contribution >= 0.6 is 22.7 Å². The van der Waals surface area contributed by atoms with Crippen molar-refractivity contribution in [2.75, 3.05) is 5.32 Å². The van der Waals surface area contributed by atoms with Gasteiger partial charge in [0.15, 0.2) is 0 Å². The number of hydrogen-bond acceptors (Lipinski definition) is 4. The van der Waals surface area contributed by atoms with E-state index in [9.17, 15) is 10.1 Å². The number of thiophene rings is 2. The molecule has 1 atom stereocenters. The molecule has 2 aromatic rings. The van der Waals surface area contributed by atoms with Gasteiger partial charge >= 0.3 is 0 Å². The van der Waals surface area contributed by atoms with Crippen molar-refractivity contribution in [1.29, 1.82) is 5.26 Å². The lowest BCUT2D eigenvalue weighted by Crippen LogP contribution is -2.28. The minimum atomic E-state index is -0.120. The molecule has 0 fully saturated rings. The molecule has 1 aliphatic carbocycles. The highest BCUT2D eigenvalue weighted by molar-refractivity contribution is 7.17. The van der Waals surface area contributed by atoms with Crippen molar-refractivity contribution >= 4 is 33.6 Å². The molecule has 0 bridgehead atoms. The van der Waals surface area contributed by atoms with Crippen molar-refractivity contribution in [3.8, 4) is 6.07 Å². The van der Waals surface area contributed by atoms with E-state index in [-0.39, 0.29) is 5.91 Å². The summed E-state index contributed by atoms with van der Waals surface area (Å²) in [5.74, 6) is 0.520. The first-order chi connectivity index (χ1) is 11.5. The van der Waals surface area contributed by atoms with Gasteiger partial charge in [-0.3, -0.25) is 4.79 Å². The molecule has 3 nitrogen and oxygen atoms in total. The highest BCUT2D eigenvalue weighted by atomic mass is 32.1. The summed E-state index contributed by atoms with van der Waals surface area (Å²) in [6.07, 6.45) is 4.24. The van der Waals surface area contributed by atoms with Gasteiger partial charge in [0.05, 0.1) is 10.4 Å². The number of nitrogens with zero attached hydrogens (tertiary/aromatic N) is 1. The molecule has 1 amide bonds. The summed E-state index contributed by atoms with van der Waals surface area (Å²) in [5, 5.41) is 15.1. The summed E-state index contributed by atoms with van der Waals surface area (Å²) in [6, 6.07) is 5.99. The third kappa shape index (κ3) is 3.13. The van der Waals surface area contributed by atoms with Crippen molar-refractivity contribution < 1.29 is 4.79 Å². The number of carbonyl (C=O) groups excluding carboxylic acids is 1. The zero-order valence-corrected chi connectivity index (χ0v) is 15.9. The predicted octanol–water partition coefficient (Wildman–Crippen LogP) is 5.47. The quantitative estimate of drug-likeness (QED) is 0.787. The van der Waals surface area contributed by atoms with E-state index in [0.717, 1.165) is 36.2 Å². The molecule has 0 radical (unpaired) electrons. The first kappa shape index (κ1) is 17.2. The highest BCUT2D eigenvalue weighted by Gasteiger charge is 2.34. The largest absolute Gasteiger partial charge is 0.312 e. The molecule has 0 saturated heterocycles. The Morgan fingerprint density at radius 2 is 2.29 bits per heavy atom. The minimum absolute atomic E-state index is 0.120. The fourth-order valence-electron chi connectivity index (χ4n) is 3.32. The molecular formula is C19H22N2OS2. The van der Waals surface area contributed by atoms with Gasteiger partial charge in [0, 0.05) is 4.88 Å². The number of fused-ring (bicyclic) bond motifs is 1. The van der Waals surface area contributed by atoms with E-state index in [0.29, 0.717) is 21.8 Å². The molecule has 1 N–H and O–H groups in total. The van der Waals surface area contributed by atoms with E-state index >= 15 is 0 Å². The lowest BCUT2D eigenvalue weighted by molar-refractivity contribution is 0.103. The first-order valence-corrected chi connectivity index (χ1v) is 10.1. The Bertz CT molecular complexity index is 781. The smallest absolute Gasteiger partial charge is 0.266 e. The maximum Gasteiger partial charge on any atom is 0.266 e. The number of anilines is 1. The summed E-state index contributed by atoms with van der Waals surface area (Å²) in [4.78, 5) is 14.3. The molecular weight excluding hydrogens is 336 g/mol. The topological polar surface area (TPSA) is 52.9 Å². The van der Waals surface area contributed by atoms with E-state index < -0.39 is 0 Å². The first-order valence-electron chi connectivity index (χ1n) is 8.35. The normalized spacial score (nSPS) is 17.2. The minimum Gasteiger partial charge on any atom is -0.312 e. The zero-order chi connectivity index (χ0) is 17.3. The second-order valence-corrected chi connectivity index (χ2v) is 9.09. The lowest BCUT2D eigenvalue weighted by Gasteiger charge is -2.36. The highest BCUT2D eigenvalue weighted by Crippen LogP contribution is 2.45. The van der Waals surface area contributed by atoms with Crippen LogP contribution in [0.25, 0.3) is 0 Å². The zero-order valence-electron chi connectivity index (χ0n) is 14.3. The van der Waals surface area contributed by atoms with Gasteiger partial charge < -0.3 is 5.32 Å². The molecule has 1 unspecified atom stereocenters. The number of nitrogens with one attached hydrogen (secondary N) is 1. The number of nitriles is 1. The number of amides is 1. The Labute approximate surface area is 151 Å². The van der Waals surface area contributed by atoms with E-state index in [4.69, 9.17) is 0 Å². The van der Waals surface area contributed by atoms with Crippen LogP contribution < -0.4 is 5.32 Å². The molecule has 126 valence electrons. The molecule has 2 heterocycles. The molecule has 24 heavy (non-hydrogen) atoms. The molecule has 0 saturated carbocycles. The molecule has 0 aliphatic heterocycles. The Morgan fingerprint density at radius 1 is 1.50 bits per heavy atom. The summed E-state index contributed by atoms with van der Waals surface area (Å²) in [6.45, 7) is 6.92. The number of carbonyl (C=O) groups is 1. The second-order valence-electron chi connectivity index (χ2n) is 7.03. The monoisotopic (exact) mass is 358 g/mol. The lowest BCUT2D eigenvalue weighted by atomic mass is 9.69. The van der Waals surface area contributed by atoms with Crippen molar-refractivity contribution in [2.24, 2.45) is 11.3 Å². The maximum absolute atomic E-state index is 12.3. The third-order valence-electron chi connectivity index (χ3n) is 5.37. The van der Waals surface area contributed by atoms with Crippen molar-refractivity contribution in [2.45, 2.75) is 46.5 Å². The van der Waals surface area contributed by atoms with Gasteiger partial charge in [0.2, 0.25) is 0 Å². The van der Waals surface area contributed by atoms with Crippen LogP contribution in [0.2, 0.25) is 0 Å². The Morgan fingerprint density at radius 3 is 2.92 bits per heavy atom. The molecule has 0 aromatic carbocycles. The Hall–Kier alpha value is -1.64. The SMILES string of the molecule is CCC(C)(C)C1CCc2c(sc(NC(=O)c3cccs3)c2C#N)C1. The fourth-order valence-corrected chi connectivity index (χ4v) is 5.21. The van der Waals surface area contributed by atoms with Gasteiger partial charge in [-0.15, -0.1) is 22.7 Å². The molecule has 1 aliphatic rings. The second kappa shape index (κ2) is 6.70. The van der Waals surface area contributed by atoms with E-state index in [2.05, 4.69) is 32.2 Å². The van der Waals surface area contributed by atoms with Gasteiger partial charge in [0.25, 0.3) is 5.91 Å². The summed E-state index contributed by atoms with van der Waals surface area (Å²) in [5.41, 5.74) is 2.15. The van der Waals surface area contributed by atoms with Crippen LogP contribution in [0.1, 0.15) is 59.3 Å². The van der Waals surface area contributed by atoms with Gasteiger partial charge in [0.1, 0.15) is 11.1 Å². The summed E-state index contributed by atoms with van der Waals surface area (Å²) >= 11 is 3.01. The van der Waals surface area contributed by atoms with E-state index in [1.54, 1.807) is 17.4 Å². The predicted molar refractivity (Wildman–Crippen MR) is 101 cm³/mol. The molecule has 2 aromatic heterocycles. The Balaban J connectivity index is 1.86. The van der Waals surface area contributed by atoms with E-state index in [1.807, 2.05) is 11.4 Å². The van der Waals surface area contributed by atoms with Crippen LogP contribution in [0.5, 0.6) is 0 Å². The fraction of sp³-hybridized carbons (Fsp3) is 0.474. The van der Waals surface area contributed by atoms with Crippen LogP contribution in [0.4, 0.5) is 5.00 Å². The maximum atomic E-state index is 12.3. The van der Waals surface area contributed by atoms with E-state index in [1.165, 1.54) is 16.2 Å². The average molecular weight is 359 g/mol. The summed E-state index contributed by atoms with van der Waals surface area (Å²) < 4.78 is 0. The van der Waals surface area contributed by atoms with Crippen molar-refractivity contribution in [3.05, 3.63) is 38.4 Å². The van der Waals surface area contributed by atoms with Gasteiger partial charge in [-0.2, -0.15) is 5.26 Å². The van der Waals surface area contributed by atoms with Gasteiger partial charge in [-0.25, -0.2) is 0 Å². The van der Waals surface area contributed by atoms with Crippen LogP contribution in [0, 0.1) is 22.7 Å². The molecule has 3 rings (SSSR count). The van der Waals surface area contributed by atoms with Gasteiger partial charge in [-0.05, 0) is 47.6 Å². The summed E-state index contributed by atoms with van der Waals surface area (Å²) in [7, 11) is 0. The number of rotatable bonds is 4. The van der Waals surface area contributed by atoms with Crippen LogP contribution in [0.15, 0.2) is 17.5 Å². The standard InChI is InChI=1S/C19H22N2OS2/c1-4-19(2,3)12-7-8-13-14(11-20)18(24-16(13)10-12)21-17(22)15-6-5-9-23-15/h5-6,9,12H,4,7-8,10H2,1-3H3,(H,21,22). The van der Waals surface area contributed by atoms with Crippen molar-refractivity contribution in [3.63, 3.8) is 0 Å². The van der Waals surface area contributed by atoms with Crippen LogP contribution in [-0.2, 0) is 12.8 Å². The van der Waals surface area contributed by atoms with Gasteiger partial charge in [-0.1, -0.05) is 33.3 Å².